The van der Waals surface area contributed by atoms with Crippen LogP contribution in [0.25, 0.3) is 0 Å². The van der Waals surface area contributed by atoms with Crippen molar-refractivity contribution in [3.05, 3.63) is 12.7 Å². The highest BCUT2D eigenvalue weighted by atomic mass is 31.2. The summed E-state index contributed by atoms with van der Waals surface area (Å²) in [5.41, 5.74) is 0. The number of unbranched alkanes of at least 4 members (excludes halogenated alkanes) is 1. The van der Waals surface area contributed by atoms with Crippen LogP contribution in [0.1, 0.15) is 19.8 Å². The second kappa shape index (κ2) is 5.85. The molecule has 0 aliphatic rings. The molecule has 1 atom stereocenters. The van der Waals surface area contributed by atoms with E-state index in [0.29, 0.717) is 6.61 Å². The molecule has 0 fully saturated rings. The van der Waals surface area contributed by atoms with Gasteiger partial charge in [0.05, 0.1) is 6.61 Å². The van der Waals surface area contributed by atoms with E-state index in [-0.39, 0.29) is 0 Å². The zero-order valence-corrected chi connectivity index (χ0v) is 8.22. The van der Waals surface area contributed by atoms with Crippen LogP contribution in [-0.4, -0.2) is 26.4 Å². The van der Waals surface area contributed by atoms with Crippen LogP contribution in [-0.2, 0) is 4.52 Å². The number of nitrogens with zero attached hydrogens (tertiary/aromatic N) is 3. The monoisotopic (exact) mass is 205 g/mol. The van der Waals surface area contributed by atoms with Crippen LogP contribution in [0.4, 0.5) is 0 Å². The van der Waals surface area contributed by atoms with Crippen LogP contribution in [0, 0.1) is 0 Å². The summed E-state index contributed by atoms with van der Waals surface area (Å²) in [6.07, 6.45) is 4.58. The molecule has 0 radical (unpaired) electrons. The summed E-state index contributed by atoms with van der Waals surface area (Å²) in [6, 6.07) is 0. The average molecular weight is 205 g/mol. The number of hydrogen-bond donors (Lipinski definition) is 1. The van der Waals surface area contributed by atoms with Gasteiger partial charge in [-0.15, -0.1) is 5.10 Å². The molecule has 7 heteroatoms. The summed E-state index contributed by atoms with van der Waals surface area (Å²) >= 11 is 0. The smallest absolute Gasteiger partial charge is 0.317 e. The molecule has 0 amide bonds. The molecule has 0 aliphatic carbocycles. The third-order valence-corrected chi connectivity index (χ3v) is 1.96. The van der Waals surface area contributed by atoms with Crippen molar-refractivity contribution in [3.63, 3.8) is 0 Å². The molecule has 1 N–H and O–H groups in total. The van der Waals surface area contributed by atoms with Crippen molar-refractivity contribution in [1.29, 1.82) is 0 Å². The lowest BCUT2D eigenvalue weighted by molar-refractivity contribution is 0.161. The first kappa shape index (κ1) is 10.4. The first-order valence-corrected chi connectivity index (χ1v) is 5.11. The van der Waals surface area contributed by atoms with Crippen molar-refractivity contribution in [2.24, 2.45) is 0 Å². The van der Waals surface area contributed by atoms with Gasteiger partial charge in [-0.1, -0.05) is 18.2 Å². The average Bonchev–Trinajstić information content (AvgIpc) is 2.57. The van der Waals surface area contributed by atoms with E-state index in [4.69, 9.17) is 9.15 Å². The third kappa shape index (κ3) is 4.17. The normalized spacial score (nSPS) is 12.8. The van der Waals surface area contributed by atoms with Gasteiger partial charge in [-0.25, -0.2) is 4.98 Å². The molecule has 13 heavy (non-hydrogen) atoms. The van der Waals surface area contributed by atoms with Crippen molar-refractivity contribution in [2.75, 3.05) is 6.61 Å². The summed E-state index contributed by atoms with van der Waals surface area (Å²) < 4.78 is 9.81. The van der Waals surface area contributed by atoms with E-state index in [2.05, 4.69) is 10.1 Å². The van der Waals surface area contributed by atoms with E-state index >= 15 is 0 Å². The lowest BCUT2D eigenvalue weighted by Gasteiger charge is -2.08. The van der Waals surface area contributed by atoms with E-state index in [1.807, 2.05) is 6.92 Å². The van der Waals surface area contributed by atoms with E-state index in [1.165, 1.54) is 12.7 Å². The van der Waals surface area contributed by atoms with Crippen LogP contribution in [0.15, 0.2) is 12.7 Å². The molecule has 1 rings (SSSR count). The first-order chi connectivity index (χ1) is 6.33. The molecule has 0 saturated heterocycles. The molecule has 1 heterocycles. The third-order valence-electron chi connectivity index (χ3n) is 1.25. The fourth-order valence-corrected chi connectivity index (χ4v) is 1.18. The van der Waals surface area contributed by atoms with Gasteiger partial charge >= 0.3 is 8.60 Å². The molecule has 0 aliphatic heterocycles. The Morgan fingerprint density at radius 2 is 2.46 bits per heavy atom. The Kier molecular flexibility index (Phi) is 4.67. The number of rotatable bonds is 6. The highest BCUT2D eigenvalue weighted by molar-refractivity contribution is 7.40. The lowest BCUT2D eigenvalue weighted by Crippen LogP contribution is -2.08. The summed E-state index contributed by atoms with van der Waals surface area (Å²) in [7, 11) is -1.88. The van der Waals surface area contributed by atoms with Crippen LogP contribution in [0.2, 0.25) is 0 Å². The Labute approximate surface area is 77.5 Å². The van der Waals surface area contributed by atoms with Gasteiger partial charge in [-0.05, 0) is 6.42 Å². The van der Waals surface area contributed by atoms with Crippen molar-refractivity contribution < 1.29 is 14.0 Å². The molecular weight excluding hydrogens is 193 g/mol. The highest BCUT2D eigenvalue weighted by Crippen LogP contribution is 2.28. The van der Waals surface area contributed by atoms with Crippen LogP contribution >= 0.6 is 8.60 Å². The molecule has 0 aromatic carbocycles. The second-order valence-electron chi connectivity index (χ2n) is 2.30. The predicted molar refractivity (Wildman–Crippen MR) is 46.6 cm³/mol. The van der Waals surface area contributed by atoms with Gasteiger partial charge < -0.3 is 14.0 Å². The van der Waals surface area contributed by atoms with Crippen molar-refractivity contribution in [1.82, 2.24) is 14.9 Å². The van der Waals surface area contributed by atoms with Gasteiger partial charge in [0.2, 0.25) is 0 Å². The lowest BCUT2D eigenvalue weighted by atomic mass is 10.4. The van der Waals surface area contributed by atoms with E-state index in [0.717, 1.165) is 17.7 Å². The largest absolute Gasteiger partial charge is 0.417 e. The minimum atomic E-state index is -1.88. The zero-order valence-electron chi connectivity index (χ0n) is 7.33. The Hall–Kier alpha value is -0.710. The molecule has 6 nitrogen and oxygen atoms in total. The fourth-order valence-electron chi connectivity index (χ4n) is 0.622. The van der Waals surface area contributed by atoms with Crippen LogP contribution in [0.5, 0.6) is 0 Å². The van der Waals surface area contributed by atoms with Crippen molar-refractivity contribution in [2.45, 2.75) is 19.8 Å². The maximum atomic E-state index is 9.18. The Morgan fingerprint density at radius 1 is 1.62 bits per heavy atom. The quantitative estimate of drug-likeness (QED) is 0.548. The molecule has 0 saturated carbocycles. The van der Waals surface area contributed by atoms with Crippen LogP contribution < -0.4 is 4.62 Å². The minimum Gasteiger partial charge on any atom is -0.317 e. The summed E-state index contributed by atoms with van der Waals surface area (Å²) in [4.78, 5) is 13.9. The topological polar surface area (TPSA) is 69.4 Å². The molecule has 0 bridgehead atoms. The molecule has 1 aromatic rings. The van der Waals surface area contributed by atoms with Gasteiger partial charge in [0.25, 0.3) is 0 Å². The maximum absolute atomic E-state index is 9.18. The zero-order chi connectivity index (χ0) is 9.52. The molecule has 74 valence electrons. The van der Waals surface area contributed by atoms with Gasteiger partial charge in [-0.2, -0.15) is 0 Å². The Bertz CT molecular complexity index is 219. The molecule has 1 unspecified atom stereocenters. The van der Waals surface area contributed by atoms with Gasteiger partial charge in [0.1, 0.15) is 6.33 Å². The predicted octanol–water partition coefficient (Wildman–Crippen LogP) is 0.743. The van der Waals surface area contributed by atoms with E-state index in [9.17, 15) is 4.89 Å². The Balaban J connectivity index is 2.14. The van der Waals surface area contributed by atoms with E-state index < -0.39 is 8.60 Å². The minimum absolute atomic E-state index is 0.493. The number of hydrogen-bond acceptors (Lipinski definition) is 5. The molecular formula is C6H12N3O3P. The summed E-state index contributed by atoms with van der Waals surface area (Å²) in [5, 5.41) is 3.64. The standard InChI is InChI=1S/C6H12N3O3P/c1-2-3-4-11-13(10)12-9-6-7-5-8-9/h5-6,10H,2-4H2,1H3. The second-order valence-corrected chi connectivity index (χ2v) is 3.20. The van der Waals surface area contributed by atoms with Crippen molar-refractivity contribution in [3.8, 4) is 0 Å². The molecule has 0 spiro atoms. The number of aromatic nitrogens is 3. The Morgan fingerprint density at radius 3 is 3.08 bits per heavy atom. The summed E-state index contributed by atoms with van der Waals surface area (Å²) in [5.74, 6) is 0. The van der Waals surface area contributed by atoms with Crippen molar-refractivity contribution >= 4 is 8.60 Å². The van der Waals surface area contributed by atoms with Gasteiger partial charge in [-0.3, -0.25) is 0 Å². The maximum Gasteiger partial charge on any atom is 0.417 e. The van der Waals surface area contributed by atoms with Crippen LogP contribution in [0.3, 0.4) is 0 Å². The highest BCUT2D eigenvalue weighted by Gasteiger charge is 2.08. The van der Waals surface area contributed by atoms with E-state index in [1.54, 1.807) is 0 Å². The fraction of sp³-hybridized carbons (Fsp3) is 0.667. The first-order valence-electron chi connectivity index (χ1n) is 3.98. The molecule has 1 aromatic heterocycles. The summed E-state index contributed by atoms with van der Waals surface area (Å²) in [6.45, 7) is 2.54. The van der Waals surface area contributed by atoms with Gasteiger partial charge in [0, 0.05) is 0 Å². The SMILES string of the molecule is CCCCOP(O)On1cncn1. The van der Waals surface area contributed by atoms with Gasteiger partial charge in [0.15, 0.2) is 6.33 Å².